The van der Waals surface area contributed by atoms with Crippen LogP contribution in [0, 0.1) is 22.0 Å². The van der Waals surface area contributed by atoms with Gasteiger partial charge in [0.2, 0.25) is 0 Å². The van der Waals surface area contributed by atoms with E-state index in [-0.39, 0.29) is 10.6 Å². The summed E-state index contributed by atoms with van der Waals surface area (Å²) in [5.41, 5.74) is 1.15. The lowest BCUT2D eigenvalue weighted by molar-refractivity contribution is -0.384. The summed E-state index contributed by atoms with van der Waals surface area (Å²) in [5, 5.41) is 14.1. The maximum atomic E-state index is 10.7. The average molecular weight is 276 g/mol. The fraction of sp³-hybridized carbons (Fsp3) is 0.625. The molecule has 1 aliphatic rings. The highest BCUT2D eigenvalue weighted by molar-refractivity contribution is 5.34. The van der Waals surface area contributed by atoms with Gasteiger partial charge in [-0.1, -0.05) is 38.3 Å². The zero-order valence-corrected chi connectivity index (χ0v) is 12.2. The molecule has 4 heteroatoms. The summed E-state index contributed by atoms with van der Waals surface area (Å²) in [6, 6.07) is 6.86. The van der Waals surface area contributed by atoms with E-state index < -0.39 is 0 Å². The first kappa shape index (κ1) is 15.0. The summed E-state index contributed by atoms with van der Waals surface area (Å²) in [6.45, 7) is 4.06. The van der Waals surface area contributed by atoms with Gasteiger partial charge in [0.05, 0.1) is 4.92 Å². The molecular formula is C16H24N2O2. The molecule has 20 heavy (non-hydrogen) atoms. The molecule has 2 rings (SSSR count). The Kier molecular flexibility index (Phi) is 5.53. The van der Waals surface area contributed by atoms with Gasteiger partial charge < -0.3 is 5.32 Å². The second-order valence-corrected chi connectivity index (χ2v) is 6.03. The molecule has 110 valence electrons. The summed E-state index contributed by atoms with van der Waals surface area (Å²) in [6.07, 6.45) is 6.70. The van der Waals surface area contributed by atoms with Crippen molar-refractivity contribution in [2.75, 3.05) is 6.54 Å². The van der Waals surface area contributed by atoms with E-state index >= 15 is 0 Å². The molecule has 0 heterocycles. The van der Waals surface area contributed by atoms with Crippen molar-refractivity contribution >= 4 is 5.69 Å². The minimum atomic E-state index is -0.340. The van der Waals surface area contributed by atoms with Crippen LogP contribution in [0.2, 0.25) is 0 Å². The Hall–Kier alpha value is -1.42. The van der Waals surface area contributed by atoms with Gasteiger partial charge in [0.1, 0.15) is 0 Å². The number of nitrogens with zero attached hydrogens (tertiary/aromatic N) is 1. The lowest BCUT2D eigenvalue weighted by Crippen LogP contribution is -2.21. The molecule has 0 aromatic heterocycles. The highest BCUT2D eigenvalue weighted by Gasteiger charge is 2.18. The van der Waals surface area contributed by atoms with Crippen LogP contribution in [0.15, 0.2) is 24.3 Å². The number of non-ortho nitro benzene ring substituents is 1. The third-order valence-electron chi connectivity index (χ3n) is 4.22. The predicted octanol–water partition coefficient (Wildman–Crippen LogP) is 3.90. The van der Waals surface area contributed by atoms with Crippen molar-refractivity contribution in [3.8, 4) is 0 Å². The molecule has 0 amide bonds. The molecule has 0 saturated heterocycles. The van der Waals surface area contributed by atoms with Crippen molar-refractivity contribution in [3.05, 3.63) is 39.9 Å². The van der Waals surface area contributed by atoms with Crippen molar-refractivity contribution in [2.45, 2.75) is 45.6 Å². The normalized spacial score (nSPS) is 22.6. The zero-order valence-electron chi connectivity index (χ0n) is 12.2. The maximum Gasteiger partial charge on any atom is 0.269 e. The largest absolute Gasteiger partial charge is 0.313 e. The van der Waals surface area contributed by atoms with E-state index in [1.165, 1.54) is 38.2 Å². The van der Waals surface area contributed by atoms with Crippen LogP contribution in [0.3, 0.4) is 0 Å². The number of nitro groups is 1. The van der Waals surface area contributed by atoms with Crippen LogP contribution >= 0.6 is 0 Å². The number of nitro benzene ring substituents is 1. The van der Waals surface area contributed by atoms with E-state index in [9.17, 15) is 10.1 Å². The molecule has 1 fully saturated rings. The molecule has 1 N–H and O–H groups in total. The molecule has 0 bridgehead atoms. The SMILES string of the molecule is CC1CCCC(CCNCc2cccc([N+](=O)[O-])c2)C1. The Morgan fingerprint density at radius 1 is 1.40 bits per heavy atom. The standard InChI is InChI=1S/C16H24N2O2/c1-13-4-2-5-14(10-13)8-9-17-12-15-6-3-7-16(11-15)18(19)20/h3,6-7,11,13-14,17H,2,4-5,8-10,12H2,1H3. The summed E-state index contributed by atoms with van der Waals surface area (Å²) in [5.74, 6) is 1.74. The van der Waals surface area contributed by atoms with E-state index in [0.29, 0.717) is 6.54 Å². The zero-order chi connectivity index (χ0) is 14.4. The van der Waals surface area contributed by atoms with Crippen molar-refractivity contribution in [2.24, 2.45) is 11.8 Å². The smallest absolute Gasteiger partial charge is 0.269 e. The van der Waals surface area contributed by atoms with E-state index in [2.05, 4.69) is 12.2 Å². The monoisotopic (exact) mass is 276 g/mol. The molecule has 1 aromatic carbocycles. The third-order valence-corrected chi connectivity index (χ3v) is 4.22. The second kappa shape index (κ2) is 7.39. The molecule has 0 radical (unpaired) electrons. The second-order valence-electron chi connectivity index (χ2n) is 6.03. The number of hydrogen-bond donors (Lipinski definition) is 1. The van der Waals surface area contributed by atoms with Crippen molar-refractivity contribution in [1.82, 2.24) is 5.32 Å². The highest BCUT2D eigenvalue weighted by atomic mass is 16.6. The Morgan fingerprint density at radius 2 is 2.25 bits per heavy atom. The van der Waals surface area contributed by atoms with Gasteiger partial charge in [-0.05, 0) is 36.8 Å². The molecule has 1 aromatic rings. The van der Waals surface area contributed by atoms with Crippen LogP contribution in [0.25, 0.3) is 0 Å². The lowest BCUT2D eigenvalue weighted by atomic mass is 9.81. The predicted molar refractivity (Wildman–Crippen MR) is 80.5 cm³/mol. The first-order chi connectivity index (χ1) is 9.65. The van der Waals surface area contributed by atoms with E-state index in [4.69, 9.17) is 0 Å². The first-order valence-corrected chi connectivity index (χ1v) is 7.59. The topological polar surface area (TPSA) is 55.2 Å². The lowest BCUT2D eigenvalue weighted by Gasteiger charge is -2.26. The van der Waals surface area contributed by atoms with Gasteiger partial charge in [-0.15, -0.1) is 0 Å². The molecule has 0 aliphatic heterocycles. The summed E-state index contributed by atoms with van der Waals surface area (Å²) in [7, 11) is 0. The van der Waals surface area contributed by atoms with Crippen LogP contribution in [0.5, 0.6) is 0 Å². The number of nitrogens with one attached hydrogen (secondary N) is 1. The summed E-state index contributed by atoms with van der Waals surface area (Å²) >= 11 is 0. The molecule has 4 nitrogen and oxygen atoms in total. The van der Waals surface area contributed by atoms with E-state index in [1.807, 2.05) is 6.07 Å². The van der Waals surface area contributed by atoms with Gasteiger partial charge in [0.15, 0.2) is 0 Å². The van der Waals surface area contributed by atoms with Crippen LogP contribution in [-0.4, -0.2) is 11.5 Å². The summed E-state index contributed by atoms with van der Waals surface area (Å²) in [4.78, 5) is 10.4. The molecule has 2 unspecified atom stereocenters. The number of hydrogen-bond acceptors (Lipinski definition) is 3. The third kappa shape index (κ3) is 4.60. The molecule has 1 aliphatic carbocycles. The molecule has 0 spiro atoms. The summed E-state index contributed by atoms with van der Waals surface area (Å²) < 4.78 is 0. The van der Waals surface area contributed by atoms with Crippen molar-refractivity contribution < 1.29 is 4.92 Å². The van der Waals surface area contributed by atoms with Gasteiger partial charge in [-0.25, -0.2) is 0 Å². The van der Waals surface area contributed by atoms with Crippen LogP contribution in [0.4, 0.5) is 5.69 Å². The van der Waals surface area contributed by atoms with E-state index in [0.717, 1.165) is 23.9 Å². The van der Waals surface area contributed by atoms with Crippen LogP contribution in [0.1, 0.15) is 44.6 Å². The van der Waals surface area contributed by atoms with Gasteiger partial charge in [-0.3, -0.25) is 10.1 Å². The van der Waals surface area contributed by atoms with E-state index in [1.54, 1.807) is 12.1 Å². The van der Waals surface area contributed by atoms with Crippen LogP contribution in [-0.2, 0) is 6.54 Å². The Balaban J connectivity index is 1.70. The number of rotatable bonds is 6. The maximum absolute atomic E-state index is 10.7. The number of benzene rings is 1. The van der Waals surface area contributed by atoms with Gasteiger partial charge >= 0.3 is 0 Å². The quantitative estimate of drug-likeness (QED) is 0.487. The fourth-order valence-electron chi connectivity index (χ4n) is 3.14. The first-order valence-electron chi connectivity index (χ1n) is 7.59. The Labute approximate surface area is 120 Å². The van der Waals surface area contributed by atoms with Crippen molar-refractivity contribution in [1.29, 1.82) is 0 Å². The molecule has 1 saturated carbocycles. The van der Waals surface area contributed by atoms with Crippen molar-refractivity contribution in [3.63, 3.8) is 0 Å². The fourth-order valence-corrected chi connectivity index (χ4v) is 3.14. The van der Waals surface area contributed by atoms with Gasteiger partial charge in [-0.2, -0.15) is 0 Å². The minimum absolute atomic E-state index is 0.172. The molecule has 2 atom stereocenters. The van der Waals surface area contributed by atoms with Gasteiger partial charge in [0, 0.05) is 18.7 Å². The van der Waals surface area contributed by atoms with Crippen LogP contribution < -0.4 is 5.32 Å². The Bertz CT molecular complexity index is 448. The average Bonchev–Trinajstić information content (AvgIpc) is 2.44. The minimum Gasteiger partial charge on any atom is -0.313 e. The molecular weight excluding hydrogens is 252 g/mol. The Morgan fingerprint density at radius 3 is 3.00 bits per heavy atom. The highest BCUT2D eigenvalue weighted by Crippen LogP contribution is 2.30. The van der Waals surface area contributed by atoms with Gasteiger partial charge in [0.25, 0.3) is 5.69 Å².